The molecule has 28 heavy (non-hydrogen) atoms. The molecule has 4 rings (SSSR count). The van der Waals surface area contributed by atoms with Crippen LogP contribution in [0.4, 0.5) is 0 Å². The number of hydrogen-bond donors (Lipinski definition) is 0. The van der Waals surface area contributed by atoms with Gasteiger partial charge in [-0.05, 0) is 47.5 Å². The third kappa shape index (κ3) is 4.21. The maximum Gasteiger partial charge on any atom is 0.277 e. The first-order valence-corrected chi connectivity index (χ1v) is 9.94. The Bertz CT molecular complexity index is 1030. The van der Waals surface area contributed by atoms with Crippen LogP contribution in [0.5, 0.6) is 5.75 Å². The smallest absolute Gasteiger partial charge is 0.277 e. The average molecular weight is 409 g/mol. The topological polar surface area (TPSA) is 48.2 Å². The highest BCUT2D eigenvalue weighted by atomic mass is 35.5. The van der Waals surface area contributed by atoms with Crippen LogP contribution in [0.2, 0.25) is 5.02 Å². The normalized spacial score (nSPS) is 11.9. The Hall–Kier alpha value is -2.76. The van der Waals surface area contributed by atoms with Gasteiger partial charge in [-0.2, -0.15) is 0 Å². The number of aromatic nitrogens is 2. The quantitative estimate of drug-likeness (QED) is 0.351. The molecule has 0 unspecified atom stereocenters. The fourth-order valence-corrected chi connectivity index (χ4v) is 3.93. The van der Waals surface area contributed by atoms with Gasteiger partial charge in [0.2, 0.25) is 5.89 Å². The van der Waals surface area contributed by atoms with Gasteiger partial charge in [0.05, 0.1) is 12.4 Å². The van der Waals surface area contributed by atoms with E-state index in [0.717, 1.165) is 22.4 Å². The average Bonchev–Trinajstić information content (AvgIpc) is 3.22. The van der Waals surface area contributed by atoms with E-state index in [1.54, 1.807) is 7.11 Å². The second kappa shape index (κ2) is 8.50. The van der Waals surface area contributed by atoms with E-state index in [4.69, 9.17) is 20.8 Å². The van der Waals surface area contributed by atoms with Crippen molar-refractivity contribution in [1.82, 2.24) is 10.2 Å². The Morgan fingerprint density at radius 1 is 0.857 bits per heavy atom. The molecule has 0 N–H and O–H groups in total. The SMILES string of the molecule is COc1ccc(-c2nnc(S[C@@H](c3ccccc3)c3ccc(Cl)cc3)o2)cc1. The molecular formula is C22H17ClN2O2S. The minimum atomic E-state index is 0.0163. The largest absolute Gasteiger partial charge is 0.497 e. The van der Waals surface area contributed by atoms with Gasteiger partial charge in [-0.1, -0.05) is 65.8 Å². The summed E-state index contributed by atoms with van der Waals surface area (Å²) in [6.07, 6.45) is 0. The number of thioether (sulfide) groups is 1. The predicted octanol–water partition coefficient (Wildman–Crippen LogP) is 6.28. The summed E-state index contributed by atoms with van der Waals surface area (Å²) in [5.41, 5.74) is 3.12. The van der Waals surface area contributed by atoms with E-state index in [-0.39, 0.29) is 5.25 Å². The number of rotatable bonds is 6. The lowest BCUT2D eigenvalue weighted by atomic mass is 10.0. The van der Waals surface area contributed by atoms with E-state index < -0.39 is 0 Å². The van der Waals surface area contributed by atoms with E-state index in [1.807, 2.05) is 66.7 Å². The van der Waals surface area contributed by atoms with Crippen molar-refractivity contribution >= 4 is 23.4 Å². The van der Waals surface area contributed by atoms with Crippen molar-refractivity contribution < 1.29 is 9.15 Å². The fraction of sp³-hybridized carbons (Fsp3) is 0.0909. The van der Waals surface area contributed by atoms with Crippen LogP contribution in [-0.4, -0.2) is 17.3 Å². The first-order valence-electron chi connectivity index (χ1n) is 8.68. The monoisotopic (exact) mass is 408 g/mol. The molecule has 0 aliphatic carbocycles. The Morgan fingerprint density at radius 3 is 2.21 bits per heavy atom. The molecule has 1 aromatic heterocycles. The van der Waals surface area contributed by atoms with Gasteiger partial charge in [0.25, 0.3) is 5.22 Å². The number of benzene rings is 3. The lowest BCUT2D eigenvalue weighted by molar-refractivity contribution is 0.414. The van der Waals surface area contributed by atoms with Gasteiger partial charge in [-0.3, -0.25) is 0 Å². The zero-order valence-corrected chi connectivity index (χ0v) is 16.7. The molecule has 0 aliphatic heterocycles. The van der Waals surface area contributed by atoms with Crippen LogP contribution in [0.15, 0.2) is 88.5 Å². The first-order chi connectivity index (χ1) is 13.7. The van der Waals surface area contributed by atoms with Crippen LogP contribution in [0.25, 0.3) is 11.5 Å². The van der Waals surface area contributed by atoms with Crippen LogP contribution in [0.1, 0.15) is 16.4 Å². The molecule has 3 aromatic carbocycles. The fourth-order valence-electron chi connectivity index (χ4n) is 2.80. The van der Waals surface area contributed by atoms with Crippen LogP contribution in [0, 0.1) is 0 Å². The molecule has 0 radical (unpaired) electrons. The number of ether oxygens (including phenoxy) is 1. The van der Waals surface area contributed by atoms with Gasteiger partial charge < -0.3 is 9.15 Å². The van der Waals surface area contributed by atoms with Gasteiger partial charge in [0.1, 0.15) is 5.75 Å². The molecule has 0 bridgehead atoms. The number of methoxy groups -OCH3 is 1. The third-order valence-corrected chi connectivity index (χ3v) is 5.64. The lowest BCUT2D eigenvalue weighted by Gasteiger charge is -2.15. The second-order valence-electron chi connectivity index (χ2n) is 6.06. The van der Waals surface area contributed by atoms with Gasteiger partial charge in [-0.15, -0.1) is 10.2 Å². The molecular weight excluding hydrogens is 392 g/mol. The van der Waals surface area contributed by atoms with E-state index >= 15 is 0 Å². The minimum Gasteiger partial charge on any atom is -0.497 e. The Labute approximate surface area is 172 Å². The van der Waals surface area contributed by atoms with Crippen molar-refractivity contribution in [3.8, 4) is 17.2 Å². The summed E-state index contributed by atoms with van der Waals surface area (Å²) in [4.78, 5) is 0. The molecule has 6 heteroatoms. The summed E-state index contributed by atoms with van der Waals surface area (Å²) in [5.74, 6) is 1.26. The Balaban J connectivity index is 1.62. The molecule has 0 amide bonds. The first kappa shape index (κ1) is 18.6. The van der Waals surface area contributed by atoms with Crippen LogP contribution in [0.3, 0.4) is 0 Å². The van der Waals surface area contributed by atoms with Crippen molar-refractivity contribution in [2.24, 2.45) is 0 Å². The van der Waals surface area contributed by atoms with Crippen LogP contribution >= 0.6 is 23.4 Å². The molecule has 0 saturated heterocycles. The highest BCUT2D eigenvalue weighted by molar-refractivity contribution is 7.99. The number of hydrogen-bond acceptors (Lipinski definition) is 5. The summed E-state index contributed by atoms with van der Waals surface area (Å²) < 4.78 is 11.1. The van der Waals surface area contributed by atoms with Gasteiger partial charge >= 0.3 is 0 Å². The maximum absolute atomic E-state index is 6.06. The second-order valence-corrected chi connectivity index (χ2v) is 7.55. The van der Waals surface area contributed by atoms with Crippen molar-refractivity contribution in [1.29, 1.82) is 0 Å². The zero-order valence-electron chi connectivity index (χ0n) is 15.1. The summed E-state index contributed by atoms with van der Waals surface area (Å²) in [5, 5.41) is 9.66. The maximum atomic E-state index is 6.06. The van der Waals surface area contributed by atoms with Crippen molar-refractivity contribution in [3.63, 3.8) is 0 Å². The molecule has 1 atom stereocenters. The van der Waals surface area contributed by atoms with Crippen LogP contribution < -0.4 is 4.74 Å². The molecule has 0 fully saturated rings. The molecule has 0 aliphatic rings. The molecule has 0 spiro atoms. The van der Waals surface area contributed by atoms with Crippen molar-refractivity contribution in [3.05, 3.63) is 95.0 Å². The highest BCUT2D eigenvalue weighted by Crippen LogP contribution is 2.40. The Morgan fingerprint density at radius 2 is 1.54 bits per heavy atom. The number of halogens is 1. The van der Waals surface area contributed by atoms with E-state index in [9.17, 15) is 0 Å². The van der Waals surface area contributed by atoms with E-state index in [0.29, 0.717) is 16.1 Å². The third-order valence-electron chi connectivity index (χ3n) is 4.24. The lowest BCUT2D eigenvalue weighted by Crippen LogP contribution is -1.96. The molecule has 4 aromatic rings. The summed E-state index contributed by atoms with van der Waals surface area (Å²) in [7, 11) is 1.64. The number of nitrogens with zero attached hydrogens (tertiary/aromatic N) is 2. The van der Waals surface area contributed by atoms with Crippen molar-refractivity contribution in [2.45, 2.75) is 10.5 Å². The van der Waals surface area contributed by atoms with Gasteiger partial charge in [-0.25, -0.2) is 0 Å². The Kier molecular flexibility index (Phi) is 5.65. The van der Waals surface area contributed by atoms with E-state index in [1.165, 1.54) is 11.8 Å². The zero-order chi connectivity index (χ0) is 19.3. The van der Waals surface area contributed by atoms with E-state index in [2.05, 4.69) is 22.3 Å². The predicted molar refractivity (Wildman–Crippen MR) is 112 cm³/mol. The molecule has 4 nitrogen and oxygen atoms in total. The highest BCUT2D eigenvalue weighted by Gasteiger charge is 2.20. The summed E-state index contributed by atoms with van der Waals surface area (Å²) >= 11 is 7.57. The standard InChI is InChI=1S/C22H17ClN2O2S/c1-26-19-13-9-17(10-14-19)21-24-25-22(27-21)28-20(15-5-3-2-4-6-15)16-7-11-18(23)12-8-16/h2-14,20H,1H3/t20-/m0/s1. The van der Waals surface area contributed by atoms with Crippen LogP contribution in [-0.2, 0) is 0 Å². The van der Waals surface area contributed by atoms with Gasteiger partial charge in [0, 0.05) is 10.6 Å². The van der Waals surface area contributed by atoms with Gasteiger partial charge in [0.15, 0.2) is 0 Å². The molecule has 0 saturated carbocycles. The molecule has 140 valence electrons. The molecule has 1 heterocycles. The summed E-state index contributed by atoms with van der Waals surface area (Å²) in [6, 6.07) is 25.6. The van der Waals surface area contributed by atoms with Crippen molar-refractivity contribution in [2.75, 3.05) is 7.11 Å². The minimum absolute atomic E-state index is 0.0163. The summed E-state index contributed by atoms with van der Waals surface area (Å²) in [6.45, 7) is 0.